The molecule has 1 aliphatic heterocycles. The standard InChI is InChI=1S/C12H15NO2/c1-8-4-3-5-10-9(8)6-7-12(2,13-10)11(14)15/h3-5,13H,6-7H2,1-2H3,(H,14,15). The van der Waals surface area contributed by atoms with Gasteiger partial charge in [0.15, 0.2) is 0 Å². The Balaban J connectivity index is 2.39. The molecule has 1 aliphatic rings. The van der Waals surface area contributed by atoms with E-state index in [2.05, 4.69) is 18.3 Å². The first-order valence-corrected chi connectivity index (χ1v) is 5.13. The van der Waals surface area contributed by atoms with Crippen LogP contribution in [0.1, 0.15) is 24.5 Å². The molecule has 15 heavy (non-hydrogen) atoms. The molecule has 80 valence electrons. The first-order valence-electron chi connectivity index (χ1n) is 5.13. The summed E-state index contributed by atoms with van der Waals surface area (Å²) in [5, 5.41) is 12.2. The first kappa shape index (κ1) is 10.0. The van der Waals surface area contributed by atoms with Crippen LogP contribution >= 0.6 is 0 Å². The third-order valence-corrected chi connectivity index (χ3v) is 3.17. The van der Waals surface area contributed by atoms with Crippen molar-refractivity contribution in [1.29, 1.82) is 0 Å². The molecule has 0 radical (unpaired) electrons. The Kier molecular flexibility index (Phi) is 2.18. The maximum atomic E-state index is 11.1. The summed E-state index contributed by atoms with van der Waals surface area (Å²) in [7, 11) is 0. The zero-order valence-corrected chi connectivity index (χ0v) is 9.00. The van der Waals surface area contributed by atoms with E-state index in [9.17, 15) is 4.79 Å². The Bertz CT molecular complexity index is 414. The molecule has 2 N–H and O–H groups in total. The number of aliphatic carboxylic acids is 1. The van der Waals surface area contributed by atoms with Crippen LogP contribution in [-0.4, -0.2) is 16.6 Å². The monoisotopic (exact) mass is 205 g/mol. The van der Waals surface area contributed by atoms with Crippen molar-refractivity contribution < 1.29 is 9.90 Å². The second-order valence-electron chi connectivity index (χ2n) is 4.36. The Labute approximate surface area is 89.1 Å². The van der Waals surface area contributed by atoms with E-state index < -0.39 is 11.5 Å². The fourth-order valence-electron chi connectivity index (χ4n) is 2.05. The summed E-state index contributed by atoms with van der Waals surface area (Å²) in [6.45, 7) is 3.80. The molecule has 1 aromatic carbocycles. The van der Waals surface area contributed by atoms with Crippen molar-refractivity contribution in [2.45, 2.75) is 32.2 Å². The van der Waals surface area contributed by atoms with E-state index in [4.69, 9.17) is 5.11 Å². The molecule has 2 rings (SSSR count). The normalized spacial score (nSPS) is 24.1. The van der Waals surface area contributed by atoms with Crippen LogP contribution in [0.2, 0.25) is 0 Å². The van der Waals surface area contributed by atoms with E-state index in [1.54, 1.807) is 6.92 Å². The molecule has 0 spiro atoms. The molecule has 1 unspecified atom stereocenters. The van der Waals surface area contributed by atoms with Gasteiger partial charge in [-0.1, -0.05) is 12.1 Å². The third kappa shape index (κ3) is 1.58. The van der Waals surface area contributed by atoms with Crippen LogP contribution in [0.5, 0.6) is 0 Å². The highest BCUT2D eigenvalue weighted by Crippen LogP contribution is 2.32. The SMILES string of the molecule is Cc1cccc2c1CCC(C)(C(=O)O)N2. The van der Waals surface area contributed by atoms with Crippen molar-refractivity contribution in [3.63, 3.8) is 0 Å². The molecule has 0 saturated carbocycles. The molecule has 0 fully saturated rings. The Morgan fingerprint density at radius 1 is 1.53 bits per heavy atom. The maximum Gasteiger partial charge on any atom is 0.329 e. The lowest BCUT2D eigenvalue weighted by Gasteiger charge is -2.33. The minimum Gasteiger partial charge on any atom is -0.480 e. The van der Waals surface area contributed by atoms with Crippen LogP contribution in [-0.2, 0) is 11.2 Å². The number of hydrogen-bond donors (Lipinski definition) is 2. The number of rotatable bonds is 1. The molecule has 3 heteroatoms. The number of carboxylic acids is 1. The fraction of sp³-hybridized carbons (Fsp3) is 0.417. The van der Waals surface area contributed by atoms with Gasteiger partial charge in [-0.2, -0.15) is 0 Å². The summed E-state index contributed by atoms with van der Waals surface area (Å²) in [5.41, 5.74) is 2.62. The lowest BCUT2D eigenvalue weighted by atomic mass is 9.86. The summed E-state index contributed by atoms with van der Waals surface area (Å²) in [5.74, 6) is -0.783. The molecule has 1 aromatic rings. The molecule has 0 bridgehead atoms. The largest absolute Gasteiger partial charge is 0.480 e. The van der Waals surface area contributed by atoms with Gasteiger partial charge in [0.1, 0.15) is 5.54 Å². The van der Waals surface area contributed by atoms with Crippen molar-refractivity contribution in [3.05, 3.63) is 29.3 Å². The van der Waals surface area contributed by atoms with Gasteiger partial charge >= 0.3 is 5.97 Å². The van der Waals surface area contributed by atoms with Crippen LogP contribution in [0.15, 0.2) is 18.2 Å². The van der Waals surface area contributed by atoms with E-state index >= 15 is 0 Å². The highest BCUT2D eigenvalue weighted by atomic mass is 16.4. The van der Waals surface area contributed by atoms with Gasteiger partial charge in [-0.15, -0.1) is 0 Å². The fourth-order valence-corrected chi connectivity index (χ4v) is 2.05. The Hall–Kier alpha value is -1.51. The van der Waals surface area contributed by atoms with Gasteiger partial charge in [0, 0.05) is 5.69 Å². The number of anilines is 1. The van der Waals surface area contributed by atoms with Gasteiger partial charge in [-0.05, 0) is 43.9 Å². The molecular weight excluding hydrogens is 190 g/mol. The van der Waals surface area contributed by atoms with Crippen molar-refractivity contribution in [2.75, 3.05) is 5.32 Å². The first-order chi connectivity index (χ1) is 7.03. The van der Waals surface area contributed by atoms with Gasteiger partial charge in [-0.25, -0.2) is 4.79 Å². The van der Waals surface area contributed by atoms with E-state index in [0.29, 0.717) is 6.42 Å². The smallest absolute Gasteiger partial charge is 0.329 e. The molecule has 1 atom stereocenters. The quantitative estimate of drug-likeness (QED) is 0.739. The summed E-state index contributed by atoms with van der Waals surface area (Å²) in [4.78, 5) is 11.1. The van der Waals surface area contributed by atoms with E-state index in [1.165, 1.54) is 11.1 Å². The molecule has 1 heterocycles. The molecule has 0 aliphatic carbocycles. The van der Waals surface area contributed by atoms with Crippen LogP contribution < -0.4 is 5.32 Å². The molecule has 0 aromatic heterocycles. The number of carboxylic acid groups (broad SMARTS) is 1. The summed E-state index contributed by atoms with van der Waals surface area (Å²) >= 11 is 0. The summed E-state index contributed by atoms with van der Waals surface area (Å²) < 4.78 is 0. The Morgan fingerprint density at radius 2 is 2.27 bits per heavy atom. The lowest BCUT2D eigenvalue weighted by molar-refractivity contribution is -0.142. The van der Waals surface area contributed by atoms with Crippen molar-refractivity contribution in [3.8, 4) is 0 Å². The number of benzene rings is 1. The highest BCUT2D eigenvalue weighted by molar-refractivity contribution is 5.83. The molecular formula is C12H15NO2. The van der Waals surface area contributed by atoms with E-state index in [0.717, 1.165) is 12.1 Å². The minimum absolute atomic E-state index is 0.639. The number of aryl methyl sites for hydroxylation is 1. The molecule has 3 nitrogen and oxygen atoms in total. The van der Waals surface area contributed by atoms with Gasteiger partial charge in [0.05, 0.1) is 0 Å². The summed E-state index contributed by atoms with van der Waals surface area (Å²) in [6, 6.07) is 5.96. The van der Waals surface area contributed by atoms with Gasteiger partial charge in [-0.3, -0.25) is 0 Å². The zero-order chi connectivity index (χ0) is 11.1. The highest BCUT2D eigenvalue weighted by Gasteiger charge is 2.36. The average Bonchev–Trinajstić information content (AvgIpc) is 2.17. The van der Waals surface area contributed by atoms with Crippen LogP contribution in [0.3, 0.4) is 0 Å². The van der Waals surface area contributed by atoms with Crippen molar-refractivity contribution in [2.24, 2.45) is 0 Å². The minimum atomic E-state index is -0.819. The third-order valence-electron chi connectivity index (χ3n) is 3.17. The number of fused-ring (bicyclic) bond motifs is 1. The van der Waals surface area contributed by atoms with Crippen molar-refractivity contribution in [1.82, 2.24) is 0 Å². The van der Waals surface area contributed by atoms with Gasteiger partial charge in [0.25, 0.3) is 0 Å². The number of carbonyl (C=O) groups is 1. The second kappa shape index (κ2) is 3.26. The summed E-state index contributed by atoms with van der Waals surface area (Å²) in [6.07, 6.45) is 1.47. The van der Waals surface area contributed by atoms with E-state index in [-0.39, 0.29) is 0 Å². The van der Waals surface area contributed by atoms with E-state index in [1.807, 2.05) is 12.1 Å². The predicted molar refractivity (Wildman–Crippen MR) is 59.2 cm³/mol. The van der Waals surface area contributed by atoms with Crippen LogP contribution in [0.25, 0.3) is 0 Å². The molecule has 0 saturated heterocycles. The maximum absolute atomic E-state index is 11.1. The predicted octanol–water partition coefficient (Wildman–Crippen LogP) is 2.20. The number of nitrogens with one attached hydrogen (secondary N) is 1. The second-order valence-corrected chi connectivity index (χ2v) is 4.36. The molecule has 0 amide bonds. The average molecular weight is 205 g/mol. The van der Waals surface area contributed by atoms with Crippen LogP contribution in [0.4, 0.5) is 5.69 Å². The van der Waals surface area contributed by atoms with Crippen molar-refractivity contribution >= 4 is 11.7 Å². The van der Waals surface area contributed by atoms with Gasteiger partial charge in [0.2, 0.25) is 0 Å². The zero-order valence-electron chi connectivity index (χ0n) is 9.00. The lowest BCUT2D eigenvalue weighted by Crippen LogP contribution is -2.46. The Morgan fingerprint density at radius 3 is 2.93 bits per heavy atom. The topological polar surface area (TPSA) is 49.3 Å². The van der Waals surface area contributed by atoms with Gasteiger partial charge < -0.3 is 10.4 Å². The number of hydrogen-bond acceptors (Lipinski definition) is 2. The van der Waals surface area contributed by atoms with Crippen LogP contribution in [0, 0.1) is 6.92 Å².